The van der Waals surface area contributed by atoms with Crippen LogP contribution in [0.5, 0.6) is 0 Å². The molecule has 1 N–H and O–H groups in total. The summed E-state index contributed by atoms with van der Waals surface area (Å²) in [5, 5.41) is 8.78. The van der Waals surface area contributed by atoms with Gasteiger partial charge in [0.05, 0.1) is 3.92 Å². The molecule has 1 rings (SSSR count). The van der Waals surface area contributed by atoms with E-state index in [1.54, 1.807) is 12.2 Å². The van der Waals surface area contributed by atoms with Crippen molar-refractivity contribution in [3.05, 3.63) is 27.9 Å². The van der Waals surface area contributed by atoms with Crippen molar-refractivity contribution in [3.8, 4) is 0 Å². The zero-order valence-electron chi connectivity index (χ0n) is 4.26. The average Bonchev–Trinajstić information content (AvgIpc) is 1.77. The van der Waals surface area contributed by atoms with Gasteiger partial charge in [-0.3, -0.25) is 0 Å². The molecule has 1 radical (unpaired) electrons. The van der Waals surface area contributed by atoms with Gasteiger partial charge in [-0.1, -0.05) is 28.7 Å². The van der Waals surface area contributed by atoms with E-state index >= 15 is 0 Å². The molecule has 0 aromatic carbocycles. The molecule has 0 aromatic rings. The highest BCUT2D eigenvalue weighted by Crippen LogP contribution is 2.22. The van der Waals surface area contributed by atoms with E-state index in [2.05, 4.69) is 22.6 Å². The highest BCUT2D eigenvalue weighted by Gasteiger charge is 2.02. The van der Waals surface area contributed by atoms with Gasteiger partial charge in [0.15, 0.2) is 0 Å². The molecule has 0 fully saturated rings. The zero-order valence-corrected chi connectivity index (χ0v) is 6.42. The summed E-state index contributed by atoms with van der Waals surface area (Å²) in [5.41, 5.74) is 0. The van der Waals surface area contributed by atoms with E-state index in [1.165, 1.54) is 3.92 Å². The lowest BCUT2D eigenvalue weighted by atomic mass is 10.2. The van der Waals surface area contributed by atoms with Gasteiger partial charge in [-0.25, -0.2) is 0 Å². The van der Waals surface area contributed by atoms with Gasteiger partial charge in [0.1, 0.15) is 5.76 Å². The summed E-state index contributed by atoms with van der Waals surface area (Å²) >= 11 is 2.24. The van der Waals surface area contributed by atoms with Crippen LogP contribution in [0.3, 0.4) is 0 Å². The summed E-state index contributed by atoms with van der Waals surface area (Å²) in [6, 6.07) is 0. The fourth-order valence-electron chi connectivity index (χ4n) is 0.514. The normalized spacial score (nSPS) is 20.9. The number of rotatable bonds is 0. The van der Waals surface area contributed by atoms with Crippen LogP contribution in [0.15, 0.2) is 24.0 Å². The van der Waals surface area contributed by atoms with Crippen molar-refractivity contribution < 1.29 is 5.11 Å². The van der Waals surface area contributed by atoms with Crippen LogP contribution >= 0.6 is 22.6 Å². The third-order valence-corrected chi connectivity index (χ3v) is 1.74. The minimum Gasteiger partial charge on any atom is -0.508 e. The van der Waals surface area contributed by atoms with Crippen LogP contribution < -0.4 is 0 Å². The summed E-state index contributed by atoms with van der Waals surface area (Å²) in [6.07, 6.45) is 6.28. The maximum atomic E-state index is 8.78. The molecular weight excluding hydrogens is 215 g/mol. The van der Waals surface area contributed by atoms with Crippen molar-refractivity contribution in [3.63, 3.8) is 0 Å². The van der Waals surface area contributed by atoms with E-state index < -0.39 is 0 Å². The SMILES string of the molecule is OC1=CC[C](I)C=C1. The molecule has 0 aromatic heterocycles. The summed E-state index contributed by atoms with van der Waals surface area (Å²) in [6.45, 7) is 0. The largest absolute Gasteiger partial charge is 0.508 e. The van der Waals surface area contributed by atoms with Crippen molar-refractivity contribution in [2.75, 3.05) is 0 Å². The highest BCUT2D eigenvalue weighted by atomic mass is 127. The lowest BCUT2D eigenvalue weighted by Gasteiger charge is -2.03. The predicted molar refractivity (Wildman–Crippen MR) is 41.7 cm³/mol. The Morgan fingerprint density at radius 1 is 1.50 bits per heavy atom. The predicted octanol–water partition coefficient (Wildman–Crippen LogP) is 2.36. The van der Waals surface area contributed by atoms with Gasteiger partial charge in [-0.2, -0.15) is 0 Å². The average molecular weight is 221 g/mol. The summed E-state index contributed by atoms with van der Waals surface area (Å²) < 4.78 is 1.26. The van der Waals surface area contributed by atoms with E-state index in [9.17, 15) is 0 Å². The van der Waals surface area contributed by atoms with Gasteiger partial charge in [0, 0.05) is 0 Å². The van der Waals surface area contributed by atoms with Crippen LogP contribution in [0, 0.1) is 3.92 Å². The molecule has 1 nitrogen and oxygen atoms in total. The van der Waals surface area contributed by atoms with Crippen molar-refractivity contribution in [2.24, 2.45) is 0 Å². The minimum absolute atomic E-state index is 0.380. The third-order valence-electron chi connectivity index (χ3n) is 0.941. The first kappa shape index (κ1) is 6.13. The Balaban J connectivity index is 2.58. The summed E-state index contributed by atoms with van der Waals surface area (Å²) in [7, 11) is 0. The first-order valence-electron chi connectivity index (χ1n) is 2.37. The number of hydrogen-bond acceptors (Lipinski definition) is 1. The molecule has 0 amide bonds. The first-order valence-corrected chi connectivity index (χ1v) is 3.45. The summed E-state index contributed by atoms with van der Waals surface area (Å²) in [5.74, 6) is 0.380. The fourth-order valence-corrected chi connectivity index (χ4v) is 0.914. The van der Waals surface area contributed by atoms with Gasteiger partial charge in [0.2, 0.25) is 0 Å². The molecule has 0 bridgehead atoms. The third kappa shape index (κ3) is 1.51. The molecule has 1 aliphatic rings. The number of halogens is 1. The molecule has 0 atom stereocenters. The molecule has 0 spiro atoms. The molecule has 2 heteroatoms. The number of allylic oxidation sites excluding steroid dienone is 3. The topological polar surface area (TPSA) is 20.2 Å². The molecular formula is C6H6IO. The Hall–Kier alpha value is 0.01000. The maximum Gasteiger partial charge on any atom is 0.111 e. The van der Waals surface area contributed by atoms with Crippen molar-refractivity contribution >= 4 is 22.6 Å². The van der Waals surface area contributed by atoms with Gasteiger partial charge in [0.25, 0.3) is 0 Å². The van der Waals surface area contributed by atoms with E-state index in [4.69, 9.17) is 5.11 Å². The molecule has 0 unspecified atom stereocenters. The molecule has 0 aliphatic heterocycles. The smallest absolute Gasteiger partial charge is 0.111 e. The van der Waals surface area contributed by atoms with Crippen LogP contribution in [0.25, 0.3) is 0 Å². The second kappa shape index (κ2) is 2.53. The lowest BCUT2D eigenvalue weighted by molar-refractivity contribution is 0.428. The highest BCUT2D eigenvalue weighted by molar-refractivity contribution is 14.1. The molecule has 8 heavy (non-hydrogen) atoms. The summed E-state index contributed by atoms with van der Waals surface area (Å²) in [4.78, 5) is 0. The molecule has 0 saturated carbocycles. The maximum absolute atomic E-state index is 8.78. The van der Waals surface area contributed by atoms with Crippen molar-refractivity contribution in [1.29, 1.82) is 0 Å². The number of aliphatic hydroxyl groups is 1. The minimum atomic E-state index is 0.380. The van der Waals surface area contributed by atoms with Gasteiger partial charge in [-0.05, 0) is 18.6 Å². The zero-order chi connectivity index (χ0) is 5.98. The van der Waals surface area contributed by atoms with Crippen molar-refractivity contribution in [1.82, 2.24) is 0 Å². The molecule has 1 aliphatic carbocycles. The second-order valence-corrected chi connectivity index (χ2v) is 3.00. The van der Waals surface area contributed by atoms with Crippen LogP contribution in [-0.4, -0.2) is 5.11 Å². The molecule has 0 saturated heterocycles. The van der Waals surface area contributed by atoms with E-state index in [-0.39, 0.29) is 0 Å². The Morgan fingerprint density at radius 2 is 2.25 bits per heavy atom. The standard InChI is InChI=1S/C6H6IO/c7-5-1-3-6(8)4-2-5/h1,3-4,8H,2H2. The van der Waals surface area contributed by atoms with Crippen LogP contribution in [0.1, 0.15) is 6.42 Å². The van der Waals surface area contributed by atoms with E-state index in [0.29, 0.717) is 5.76 Å². The van der Waals surface area contributed by atoms with Crippen LogP contribution in [0.4, 0.5) is 0 Å². The van der Waals surface area contributed by atoms with Crippen molar-refractivity contribution in [2.45, 2.75) is 6.42 Å². The van der Waals surface area contributed by atoms with E-state index in [0.717, 1.165) is 6.42 Å². The van der Waals surface area contributed by atoms with Gasteiger partial charge < -0.3 is 5.11 Å². The Labute approximate surface area is 62.2 Å². The number of aliphatic hydroxyl groups excluding tert-OH is 1. The van der Waals surface area contributed by atoms with Crippen LogP contribution in [0.2, 0.25) is 0 Å². The van der Waals surface area contributed by atoms with E-state index in [1.807, 2.05) is 6.08 Å². The van der Waals surface area contributed by atoms with Crippen LogP contribution in [-0.2, 0) is 0 Å². The Bertz CT molecular complexity index is 137. The lowest BCUT2D eigenvalue weighted by Crippen LogP contribution is -1.87. The quantitative estimate of drug-likeness (QED) is 0.622. The molecule has 43 valence electrons. The fraction of sp³-hybridized carbons (Fsp3) is 0.167. The number of hydrogen-bond donors (Lipinski definition) is 1. The second-order valence-electron chi connectivity index (χ2n) is 1.61. The Kier molecular flexibility index (Phi) is 1.94. The monoisotopic (exact) mass is 221 g/mol. The first-order chi connectivity index (χ1) is 3.79. The molecule has 0 heterocycles. The van der Waals surface area contributed by atoms with Gasteiger partial charge in [-0.15, -0.1) is 0 Å². The van der Waals surface area contributed by atoms with Gasteiger partial charge >= 0.3 is 0 Å². The Morgan fingerprint density at radius 3 is 2.62 bits per heavy atom.